The van der Waals surface area contributed by atoms with Crippen LogP contribution in [0.4, 0.5) is 5.69 Å². The summed E-state index contributed by atoms with van der Waals surface area (Å²) >= 11 is 3.40. The van der Waals surface area contributed by atoms with Gasteiger partial charge in [-0.2, -0.15) is 0 Å². The predicted octanol–water partition coefficient (Wildman–Crippen LogP) is 3.65. The second-order valence-corrected chi connectivity index (χ2v) is 6.44. The molecule has 94 valence electrons. The van der Waals surface area contributed by atoms with Crippen LogP contribution in [0.25, 0.3) is 0 Å². The van der Waals surface area contributed by atoms with Crippen molar-refractivity contribution in [3.8, 4) is 0 Å². The van der Waals surface area contributed by atoms with Crippen molar-refractivity contribution >= 4 is 32.4 Å². The first kappa shape index (κ1) is 13.3. The number of aryl methyl sites for hydroxylation is 1. The second kappa shape index (κ2) is 5.67. The minimum absolute atomic E-state index is 0.517. The molecule has 2 aromatic rings. The standard InChI is InChI=1S/C14H14BrNOS/c1-10-2-4-11(5-3-10)9-18(17)14-7-6-12(16)8-13(14)15/h2-8H,9,16H2,1H3. The Morgan fingerprint density at radius 1 is 1.17 bits per heavy atom. The maximum Gasteiger partial charge on any atom is 0.0585 e. The molecule has 0 aromatic heterocycles. The molecule has 0 fully saturated rings. The van der Waals surface area contributed by atoms with Crippen LogP contribution in [0.3, 0.4) is 0 Å². The molecule has 0 saturated heterocycles. The maximum atomic E-state index is 12.3. The van der Waals surface area contributed by atoms with E-state index in [1.807, 2.05) is 37.3 Å². The number of benzene rings is 2. The van der Waals surface area contributed by atoms with Gasteiger partial charge in [-0.15, -0.1) is 0 Å². The summed E-state index contributed by atoms with van der Waals surface area (Å²) in [5.41, 5.74) is 8.61. The molecule has 2 aromatic carbocycles. The molecular weight excluding hydrogens is 310 g/mol. The van der Waals surface area contributed by atoms with Crippen molar-refractivity contribution < 1.29 is 4.21 Å². The van der Waals surface area contributed by atoms with Gasteiger partial charge in [0.2, 0.25) is 0 Å². The molecule has 0 spiro atoms. The van der Waals surface area contributed by atoms with Crippen LogP contribution in [0.15, 0.2) is 51.8 Å². The lowest BCUT2D eigenvalue weighted by atomic mass is 10.2. The van der Waals surface area contributed by atoms with Crippen LogP contribution < -0.4 is 5.73 Å². The molecule has 0 heterocycles. The van der Waals surface area contributed by atoms with Crippen molar-refractivity contribution in [2.75, 3.05) is 5.73 Å². The summed E-state index contributed by atoms with van der Waals surface area (Å²) in [5, 5.41) is 0. The molecule has 2 nitrogen and oxygen atoms in total. The van der Waals surface area contributed by atoms with Crippen molar-refractivity contribution in [1.29, 1.82) is 0 Å². The van der Waals surface area contributed by atoms with E-state index in [9.17, 15) is 4.21 Å². The van der Waals surface area contributed by atoms with Crippen molar-refractivity contribution in [3.63, 3.8) is 0 Å². The van der Waals surface area contributed by atoms with E-state index in [2.05, 4.69) is 15.9 Å². The van der Waals surface area contributed by atoms with Crippen LogP contribution in [-0.2, 0) is 16.6 Å². The SMILES string of the molecule is Cc1ccc(CS(=O)c2ccc(N)cc2Br)cc1. The van der Waals surface area contributed by atoms with E-state index in [0.29, 0.717) is 11.4 Å². The normalized spacial score (nSPS) is 12.3. The van der Waals surface area contributed by atoms with E-state index in [0.717, 1.165) is 14.9 Å². The van der Waals surface area contributed by atoms with E-state index >= 15 is 0 Å². The van der Waals surface area contributed by atoms with Crippen LogP contribution in [-0.4, -0.2) is 4.21 Å². The van der Waals surface area contributed by atoms with Crippen LogP contribution >= 0.6 is 15.9 Å². The van der Waals surface area contributed by atoms with Gasteiger partial charge >= 0.3 is 0 Å². The minimum Gasteiger partial charge on any atom is -0.399 e. The quantitative estimate of drug-likeness (QED) is 0.876. The van der Waals surface area contributed by atoms with E-state index in [1.165, 1.54) is 5.56 Å². The number of nitrogen functional groups attached to an aromatic ring is 1. The average molecular weight is 324 g/mol. The molecule has 1 atom stereocenters. The van der Waals surface area contributed by atoms with E-state index in [-0.39, 0.29) is 0 Å². The number of anilines is 1. The number of halogens is 1. The molecule has 2 rings (SSSR count). The zero-order chi connectivity index (χ0) is 13.1. The van der Waals surface area contributed by atoms with Gasteiger partial charge < -0.3 is 5.73 Å². The van der Waals surface area contributed by atoms with Gasteiger partial charge in [0, 0.05) is 10.2 Å². The smallest absolute Gasteiger partial charge is 0.0585 e. The van der Waals surface area contributed by atoms with Gasteiger partial charge in [-0.1, -0.05) is 29.8 Å². The van der Waals surface area contributed by atoms with E-state index in [1.54, 1.807) is 12.1 Å². The lowest BCUT2D eigenvalue weighted by Crippen LogP contribution is -1.98. The molecule has 2 N–H and O–H groups in total. The van der Waals surface area contributed by atoms with Gasteiger partial charge in [0.1, 0.15) is 0 Å². The Morgan fingerprint density at radius 3 is 2.44 bits per heavy atom. The summed E-state index contributed by atoms with van der Waals surface area (Å²) in [7, 11) is -1.06. The molecule has 0 radical (unpaired) electrons. The van der Waals surface area contributed by atoms with Crippen LogP contribution in [0.5, 0.6) is 0 Å². The monoisotopic (exact) mass is 323 g/mol. The largest absolute Gasteiger partial charge is 0.399 e. The van der Waals surface area contributed by atoms with Gasteiger partial charge in [-0.3, -0.25) is 4.21 Å². The molecule has 0 aliphatic heterocycles. The highest BCUT2D eigenvalue weighted by atomic mass is 79.9. The first-order chi connectivity index (χ1) is 8.56. The van der Waals surface area contributed by atoms with Gasteiger partial charge in [0.15, 0.2) is 0 Å². The summed E-state index contributed by atoms with van der Waals surface area (Å²) in [6.45, 7) is 2.04. The first-order valence-corrected chi connectivity index (χ1v) is 7.66. The predicted molar refractivity (Wildman–Crippen MR) is 79.8 cm³/mol. The summed E-state index contributed by atoms with van der Waals surface area (Å²) in [6.07, 6.45) is 0. The molecule has 4 heteroatoms. The van der Waals surface area contributed by atoms with Gasteiger partial charge in [-0.05, 0) is 46.6 Å². The summed E-state index contributed by atoms with van der Waals surface area (Å²) in [4.78, 5) is 0.782. The Hall–Kier alpha value is -1.13. The highest BCUT2D eigenvalue weighted by Crippen LogP contribution is 2.24. The number of hydrogen-bond donors (Lipinski definition) is 1. The van der Waals surface area contributed by atoms with Crippen LogP contribution in [0.1, 0.15) is 11.1 Å². The zero-order valence-electron chi connectivity index (χ0n) is 10.0. The first-order valence-electron chi connectivity index (χ1n) is 5.55. The van der Waals surface area contributed by atoms with Crippen molar-refractivity contribution in [2.24, 2.45) is 0 Å². The fraction of sp³-hybridized carbons (Fsp3) is 0.143. The maximum absolute atomic E-state index is 12.3. The average Bonchev–Trinajstić information content (AvgIpc) is 2.32. The molecular formula is C14H14BrNOS. The van der Waals surface area contributed by atoms with Gasteiger partial charge in [0.05, 0.1) is 21.4 Å². The van der Waals surface area contributed by atoms with Gasteiger partial charge in [-0.25, -0.2) is 0 Å². The van der Waals surface area contributed by atoms with Crippen LogP contribution in [0.2, 0.25) is 0 Å². The fourth-order valence-corrected chi connectivity index (χ4v) is 3.70. The van der Waals surface area contributed by atoms with Crippen LogP contribution in [0, 0.1) is 6.92 Å². The minimum atomic E-state index is -1.06. The molecule has 0 saturated carbocycles. The number of nitrogens with two attached hydrogens (primary N) is 1. The highest BCUT2D eigenvalue weighted by Gasteiger charge is 2.09. The lowest BCUT2D eigenvalue weighted by Gasteiger charge is -2.06. The topological polar surface area (TPSA) is 43.1 Å². The van der Waals surface area contributed by atoms with Crippen molar-refractivity contribution in [3.05, 3.63) is 58.1 Å². The number of rotatable bonds is 3. The Morgan fingerprint density at radius 2 is 1.83 bits per heavy atom. The number of hydrogen-bond acceptors (Lipinski definition) is 2. The zero-order valence-corrected chi connectivity index (χ0v) is 12.4. The Bertz CT molecular complexity index is 581. The third kappa shape index (κ3) is 3.21. The molecule has 1 unspecified atom stereocenters. The molecule has 0 amide bonds. The van der Waals surface area contributed by atoms with Crippen molar-refractivity contribution in [1.82, 2.24) is 0 Å². The third-order valence-electron chi connectivity index (χ3n) is 2.62. The Kier molecular flexibility index (Phi) is 4.19. The Balaban J connectivity index is 2.19. The molecule has 0 aliphatic carbocycles. The summed E-state index contributed by atoms with van der Waals surface area (Å²) in [5.74, 6) is 0.517. The Labute approximate surface area is 118 Å². The molecule has 18 heavy (non-hydrogen) atoms. The fourth-order valence-electron chi connectivity index (χ4n) is 1.62. The van der Waals surface area contributed by atoms with E-state index in [4.69, 9.17) is 5.73 Å². The molecule has 0 aliphatic rings. The lowest BCUT2D eigenvalue weighted by molar-refractivity contribution is 0.682. The summed E-state index contributed by atoms with van der Waals surface area (Å²) < 4.78 is 13.1. The van der Waals surface area contributed by atoms with E-state index < -0.39 is 10.8 Å². The highest BCUT2D eigenvalue weighted by molar-refractivity contribution is 9.10. The molecule has 0 bridgehead atoms. The second-order valence-electron chi connectivity index (χ2n) is 4.17. The third-order valence-corrected chi connectivity index (χ3v) is 4.98. The summed E-state index contributed by atoms with van der Waals surface area (Å²) in [6, 6.07) is 13.4. The van der Waals surface area contributed by atoms with Gasteiger partial charge in [0.25, 0.3) is 0 Å². The van der Waals surface area contributed by atoms with Crippen molar-refractivity contribution in [2.45, 2.75) is 17.6 Å².